The average Bonchev–Trinajstić information content (AvgIpc) is 1.60. The van der Waals surface area contributed by atoms with Crippen LogP contribution in [-0.4, -0.2) is 4.70 Å². The van der Waals surface area contributed by atoms with Crippen LogP contribution in [0.15, 0.2) is 47.5 Å². The molecule has 0 saturated heterocycles. The van der Waals surface area contributed by atoms with Crippen LogP contribution in [0.1, 0.15) is 730 Å². The number of nitrogens with zero attached hydrogens (tertiary/aromatic N) is 2. The molecule has 1 aliphatic rings. The van der Waals surface area contributed by atoms with E-state index in [9.17, 15) is 5.53 Å². The smallest absolute Gasteiger partial charge is 0.211 e. The molecule has 0 aromatic heterocycles. The van der Waals surface area contributed by atoms with Gasteiger partial charge in [-0.05, 0) is 87.8 Å². The summed E-state index contributed by atoms with van der Waals surface area (Å²) >= 11 is 0. The summed E-state index contributed by atoms with van der Waals surface area (Å²) in [6.45, 7) is 13.9. The number of allylic oxidation sites excluding steroid dienone is 2. The summed E-state index contributed by atoms with van der Waals surface area (Å²) in [6.07, 6.45) is 139. The Morgan fingerprint density at radius 2 is 0.276 bits per heavy atom. The second-order valence-electron chi connectivity index (χ2n) is 43.1. The zero-order chi connectivity index (χ0) is 95.4. The fourth-order valence-electron chi connectivity index (χ4n) is 21.0. The molecule has 0 saturated carbocycles. The molecule has 2 aromatic rings. The zero-order valence-corrected chi connectivity index (χ0v) is 91.5. The number of unbranched alkanes of at least 4 members (excludes halogenated alkanes) is 94. The van der Waals surface area contributed by atoms with E-state index in [0.29, 0.717) is 0 Å². The largest absolute Gasteiger partial charge is 0.493 e. The van der Waals surface area contributed by atoms with Crippen LogP contribution >= 0.6 is 0 Å². The van der Waals surface area contributed by atoms with Crippen molar-refractivity contribution in [3.8, 4) is 47.4 Å². The molecule has 0 fully saturated rings. The first-order valence-corrected chi connectivity index (χ1v) is 61.7. The average molecular weight is 1840 g/mol. The van der Waals surface area contributed by atoms with E-state index in [1.165, 1.54) is 576 Å². The lowest BCUT2D eigenvalue weighted by atomic mass is 9.91. The summed E-state index contributed by atoms with van der Waals surface area (Å²) in [5, 5.41) is 0. The van der Waals surface area contributed by atoms with Crippen molar-refractivity contribution < 1.29 is 4.70 Å². The summed E-state index contributed by atoms with van der Waals surface area (Å²) in [7, 11) is 0. The highest BCUT2D eigenvalue weighted by Gasteiger charge is 2.36. The fourth-order valence-corrected chi connectivity index (χ4v) is 21.0. The summed E-state index contributed by atoms with van der Waals surface area (Å²) in [5.74, 6) is 29.5. The molecule has 2 aromatic carbocycles. The van der Waals surface area contributed by atoms with Crippen LogP contribution < -0.4 is 0 Å². The van der Waals surface area contributed by atoms with Gasteiger partial charge in [-0.3, -0.25) is 0 Å². The molecule has 2 heteroatoms. The van der Waals surface area contributed by atoms with E-state index < -0.39 is 0 Å². The Balaban J connectivity index is 1.71. The third kappa shape index (κ3) is 76.5. The lowest BCUT2D eigenvalue weighted by Crippen LogP contribution is -2.04. The highest BCUT2D eigenvalue weighted by molar-refractivity contribution is 5.83. The molecule has 766 valence electrons. The second-order valence-corrected chi connectivity index (χ2v) is 43.1. The van der Waals surface area contributed by atoms with Gasteiger partial charge >= 0.3 is 0 Å². The third-order valence-corrected chi connectivity index (χ3v) is 29.9. The quantitative estimate of drug-likeness (QED) is 0.0358. The molecule has 0 atom stereocenters. The minimum atomic E-state index is 0.909. The molecule has 0 radical (unpaired) electrons. The number of rotatable bonds is 100. The SMILES string of the molecule is CCCCCCCCCCCCCCCCCCCCCCCCCC#Cc1cc(C#CCCCCCCCCCCCCCCCCCCCCCCCCC)cc(C2=C(CCCC)C(CCCC)=C(c3cc(C#CCCCCCCCCCCCCCCCCCCCCCCCCC)cc(C#CCCCCCCCCCCCCCCCCCCCCCCCCC)c3)[N+]2=[N-])c1. The molecule has 0 aliphatic carbocycles. The van der Waals surface area contributed by atoms with Gasteiger partial charge in [0.15, 0.2) is 0 Å². The Morgan fingerprint density at radius 3 is 0.403 bits per heavy atom. The van der Waals surface area contributed by atoms with Crippen molar-refractivity contribution in [2.24, 2.45) is 0 Å². The van der Waals surface area contributed by atoms with Gasteiger partial charge in [0.05, 0.1) is 0 Å². The molecule has 134 heavy (non-hydrogen) atoms. The summed E-state index contributed by atoms with van der Waals surface area (Å²) in [5.41, 5.74) is 23.8. The third-order valence-electron chi connectivity index (χ3n) is 29.9. The minimum Gasteiger partial charge on any atom is -0.493 e. The van der Waals surface area contributed by atoms with Gasteiger partial charge in [-0.2, -0.15) is 0 Å². The first-order valence-electron chi connectivity index (χ1n) is 61.7. The van der Waals surface area contributed by atoms with Crippen LogP contribution in [-0.2, 0) is 0 Å². The number of hydrogen-bond acceptors (Lipinski definition) is 0. The normalized spacial score (nSPS) is 12.0. The molecular weight excluding hydrogens is 1610 g/mol. The van der Waals surface area contributed by atoms with Gasteiger partial charge in [0.2, 0.25) is 11.4 Å². The highest BCUT2D eigenvalue weighted by Crippen LogP contribution is 2.45. The molecule has 0 amide bonds. The molecule has 0 N–H and O–H groups in total. The first-order chi connectivity index (χ1) is 66.5. The monoisotopic (exact) mass is 1840 g/mol. The van der Waals surface area contributed by atoms with Gasteiger partial charge < -0.3 is 5.53 Å². The lowest BCUT2D eigenvalue weighted by Gasteiger charge is -2.11. The van der Waals surface area contributed by atoms with E-state index in [0.717, 1.165) is 135 Å². The first kappa shape index (κ1) is 124. The molecule has 2 nitrogen and oxygen atoms in total. The Kier molecular flexibility index (Phi) is 92.7. The van der Waals surface area contributed by atoms with Crippen LogP contribution in [0, 0.1) is 47.4 Å². The van der Waals surface area contributed by atoms with Crippen molar-refractivity contribution >= 4 is 11.4 Å². The van der Waals surface area contributed by atoms with Crippen LogP contribution in [0.2, 0.25) is 0 Å². The van der Waals surface area contributed by atoms with Gasteiger partial charge in [0.25, 0.3) is 0 Å². The van der Waals surface area contributed by atoms with Gasteiger partial charge in [-0.1, -0.05) is 667 Å². The van der Waals surface area contributed by atoms with Crippen molar-refractivity contribution in [3.05, 3.63) is 86.5 Å². The topological polar surface area (TPSA) is 25.3 Å². The number of hydrogen-bond donors (Lipinski definition) is 0. The zero-order valence-electron chi connectivity index (χ0n) is 91.5. The van der Waals surface area contributed by atoms with E-state index in [1.807, 2.05) is 0 Å². The van der Waals surface area contributed by atoms with Crippen molar-refractivity contribution in [3.63, 3.8) is 0 Å². The van der Waals surface area contributed by atoms with Crippen LogP contribution in [0.3, 0.4) is 0 Å². The molecule has 1 heterocycles. The Hall–Kier alpha value is -4.24. The van der Waals surface area contributed by atoms with E-state index in [-0.39, 0.29) is 0 Å². The molecule has 3 rings (SSSR count). The molecule has 0 bridgehead atoms. The van der Waals surface area contributed by atoms with Gasteiger partial charge in [0, 0.05) is 70.2 Å². The predicted molar refractivity (Wildman–Crippen MR) is 603 cm³/mol. The van der Waals surface area contributed by atoms with Crippen molar-refractivity contribution in [1.82, 2.24) is 0 Å². The predicted octanol–water partition coefficient (Wildman–Crippen LogP) is 46.2. The minimum absolute atomic E-state index is 0.909. The van der Waals surface area contributed by atoms with Crippen molar-refractivity contribution in [2.75, 3.05) is 0 Å². The standard InChI is InChI=1S/C132H228N2/c1-7-13-19-23-27-31-35-39-43-47-51-55-59-63-67-71-75-79-83-87-91-95-99-103-107-111-123-117-124(112-108-104-100-96-92-88-84-80-76-72-68-64-60-56-52-48-44-40-36-32-28-24-20-14-8-2)120-127(119-123)131-129(115-17-11-5)130(116-18-12-6)132(134(131)133)128-121-125(113-109-105-101-97-93-89-85-81-77-73-69-65-61-57-53-49-45-41-37-33-29-25-21-15-9-3)118-126(122-128)114-110-106-102-98-94-90-86-82-78-74-70-66-62-58-54-50-46-42-38-34-30-26-22-16-10-4/h117-122H,7-106,115-116H2,1-6H3. The van der Waals surface area contributed by atoms with E-state index in [4.69, 9.17) is 0 Å². The van der Waals surface area contributed by atoms with Crippen LogP contribution in [0.5, 0.6) is 0 Å². The van der Waals surface area contributed by atoms with Gasteiger partial charge in [-0.15, -0.1) is 0 Å². The van der Waals surface area contributed by atoms with Crippen molar-refractivity contribution in [2.45, 2.75) is 696 Å². The Bertz CT molecular complexity index is 2860. The highest BCUT2D eigenvalue weighted by atomic mass is 15.2. The number of benzene rings is 2. The molecular formula is C132H228N2. The maximum Gasteiger partial charge on any atom is 0.211 e. The molecule has 0 spiro atoms. The van der Waals surface area contributed by atoms with Crippen molar-refractivity contribution in [1.29, 1.82) is 0 Å². The Morgan fingerprint density at radius 1 is 0.157 bits per heavy atom. The molecule has 0 unspecified atom stereocenters. The summed E-state index contributed by atoms with van der Waals surface area (Å²) < 4.78 is 1.60. The summed E-state index contributed by atoms with van der Waals surface area (Å²) in [4.78, 5) is 0. The maximum absolute atomic E-state index is 13.3. The van der Waals surface area contributed by atoms with E-state index in [1.54, 1.807) is 4.70 Å². The fraction of sp³-hybridized carbons (Fsp3) is 0.818. The molecule has 1 aliphatic heterocycles. The van der Waals surface area contributed by atoms with Crippen LogP contribution in [0.25, 0.3) is 16.9 Å². The van der Waals surface area contributed by atoms with Gasteiger partial charge in [0.1, 0.15) is 0 Å². The Labute approximate surface area is 840 Å². The second kappa shape index (κ2) is 100. The maximum atomic E-state index is 13.3. The summed E-state index contributed by atoms with van der Waals surface area (Å²) in [6, 6.07) is 13.6. The van der Waals surface area contributed by atoms with E-state index >= 15 is 0 Å². The van der Waals surface area contributed by atoms with E-state index in [2.05, 4.69) is 125 Å². The van der Waals surface area contributed by atoms with Crippen LogP contribution in [0.4, 0.5) is 0 Å². The lowest BCUT2D eigenvalue weighted by molar-refractivity contribution is -0.345. The van der Waals surface area contributed by atoms with Gasteiger partial charge in [-0.25, -0.2) is 4.70 Å².